The Morgan fingerprint density at radius 3 is 2.56 bits per heavy atom. The number of aliphatic hydroxyl groups is 1. The summed E-state index contributed by atoms with van der Waals surface area (Å²) in [5, 5.41) is 15.0. The molecule has 1 aromatic rings. The molecule has 1 aromatic heterocycles. The third-order valence-electron chi connectivity index (χ3n) is 2.68. The van der Waals surface area contributed by atoms with Gasteiger partial charge in [-0.05, 0) is 20.3 Å². The van der Waals surface area contributed by atoms with Gasteiger partial charge >= 0.3 is 0 Å². The Morgan fingerprint density at radius 1 is 1.50 bits per heavy atom. The van der Waals surface area contributed by atoms with Crippen LogP contribution in [0.2, 0.25) is 5.02 Å². The van der Waals surface area contributed by atoms with Crippen LogP contribution in [-0.4, -0.2) is 27.0 Å². The highest BCUT2D eigenvalue weighted by Crippen LogP contribution is 2.25. The number of nitrogens with two attached hydrogens (primary N) is 1. The van der Waals surface area contributed by atoms with Crippen molar-refractivity contribution < 1.29 is 5.11 Å². The van der Waals surface area contributed by atoms with Crippen molar-refractivity contribution in [2.24, 2.45) is 5.73 Å². The molecule has 0 bridgehead atoms. The number of hydrogen-bond donors (Lipinski definition) is 2. The molecule has 1 atom stereocenters. The second-order valence-corrected chi connectivity index (χ2v) is 4.63. The second-order valence-electron chi connectivity index (χ2n) is 4.25. The highest BCUT2D eigenvalue weighted by Gasteiger charge is 2.24. The summed E-state index contributed by atoms with van der Waals surface area (Å²) >= 11 is 6.24. The third-order valence-corrected chi connectivity index (χ3v) is 3.12. The molecule has 0 saturated heterocycles. The smallest absolute Gasteiger partial charge is 0.0850 e. The number of aromatic nitrogens is 2. The van der Waals surface area contributed by atoms with E-state index in [2.05, 4.69) is 5.10 Å². The SMILES string of the molecule is CCc1nn(CC)c(CC(C)(O)CN)c1Cl. The van der Waals surface area contributed by atoms with Crippen LogP contribution in [0.4, 0.5) is 0 Å². The van der Waals surface area contributed by atoms with E-state index in [-0.39, 0.29) is 6.54 Å². The van der Waals surface area contributed by atoms with Crippen molar-refractivity contribution in [2.75, 3.05) is 6.54 Å². The zero-order chi connectivity index (χ0) is 12.3. The van der Waals surface area contributed by atoms with Crippen LogP contribution in [0.15, 0.2) is 0 Å². The average molecular weight is 246 g/mol. The molecule has 0 saturated carbocycles. The molecule has 0 aliphatic carbocycles. The van der Waals surface area contributed by atoms with Crippen molar-refractivity contribution in [1.82, 2.24) is 9.78 Å². The van der Waals surface area contributed by atoms with E-state index in [1.54, 1.807) is 6.92 Å². The van der Waals surface area contributed by atoms with Crippen molar-refractivity contribution in [1.29, 1.82) is 0 Å². The van der Waals surface area contributed by atoms with Gasteiger partial charge in [0.15, 0.2) is 0 Å². The maximum Gasteiger partial charge on any atom is 0.0850 e. The van der Waals surface area contributed by atoms with Gasteiger partial charge in [-0.15, -0.1) is 0 Å². The first-order chi connectivity index (χ1) is 7.45. The molecule has 0 aromatic carbocycles. The normalized spacial score (nSPS) is 15.1. The van der Waals surface area contributed by atoms with Crippen LogP contribution in [0, 0.1) is 0 Å². The molecule has 3 N–H and O–H groups in total. The first-order valence-corrected chi connectivity index (χ1v) is 5.99. The largest absolute Gasteiger partial charge is 0.388 e. The van der Waals surface area contributed by atoms with Gasteiger partial charge in [-0.25, -0.2) is 0 Å². The fourth-order valence-corrected chi connectivity index (χ4v) is 1.95. The molecule has 0 spiro atoms. The minimum atomic E-state index is -0.929. The summed E-state index contributed by atoms with van der Waals surface area (Å²) in [5.74, 6) is 0. The van der Waals surface area contributed by atoms with Crippen LogP contribution in [0.5, 0.6) is 0 Å². The van der Waals surface area contributed by atoms with E-state index in [9.17, 15) is 5.11 Å². The summed E-state index contributed by atoms with van der Waals surface area (Å²) in [5.41, 5.74) is 6.34. The molecule has 0 amide bonds. The van der Waals surface area contributed by atoms with Crippen molar-refractivity contribution >= 4 is 11.6 Å². The molecule has 16 heavy (non-hydrogen) atoms. The minimum Gasteiger partial charge on any atom is -0.388 e. The molecule has 1 heterocycles. The zero-order valence-corrected chi connectivity index (χ0v) is 10.9. The molecule has 0 aliphatic heterocycles. The minimum absolute atomic E-state index is 0.208. The Kier molecular flexibility index (Phi) is 4.35. The van der Waals surface area contributed by atoms with Crippen molar-refractivity contribution in [3.63, 3.8) is 0 Å². The number of halogens is 1. The summed E-state index contributed by atoms with van der Waals surface area (Å²) in [4.78, 5) is 0. The van der Waals surface area contributed by atoms with E-state index in [0.29, 0.717) is 11.4 Å². The first-order valence-electron chi connectivity index (χ1n) is 5.61. The van der Waals surface area contributed by atoms with E-state index < -0.39 is 5.60 Å². The van der Waals surface area contributed by atoms with Gasteiger partial charge in [-0.3, -0.25) is 4.68 Å². The molecule has 0 fully saturated rings. The van der Waals surface area contributed by atoms with Crippen LogP contribution in [0.25, 0.3) is 0 Å². The molecule has 0 aliphatic rings. The highest BCUT2D eigenvalue weighted by molar-refractivity contribution is 6.31. The number of rotatable bonds is 5. The fraction of sp³-hybridized carbons (Fsp3) is 0.727. The maximum atomic E-state index is 9.98. The molecule has 0 radical (unpaired) electrons. The number of nitrogens with zero attached hydrogens (tertiary/aromatic N) is 2. The van der Waals surface area contributed by atoms with Gasteiger partial charge in [-0.1, -0.05) is 18.5 Å². The third kappa shape index (κ3) is 2.75. The first kappa shape index (κ1) is 13.5. The van der Waals surface area contributed by atoms with Crippen molar-refractivity contribution in [2.45, 2.75) is 45.8 Å². The molecule has 92 valence electrons. The van der Waals surface area contributed by atoms with Crippen LogP contribution in [0.1, 0.15) is 32.2 Å². The van der Waals surface area contributed by atoms with E-state index >= 15 is 0 Å². The monoisotopic (exact) mass is 245 g/mol. The predicted octanol–water partition coefficient (Wildman–Crippen LogP) is 1.37. The maximum absolute atomic E-state index is 9.98. The lowest BCUT2D eigenvalue weighted by atomic mass is 10.00. The van der Waals surface area contributed by atoms with E-state index in [1.165, 1.54) is 0 Å². The molecule has 1 unspecified atom stereocenters. The van der Waals surface area contributed by atoms with Gasteiger partial charge in [0, 0.05) is 19.5 Å². The van der Waals surface area contributed by atoms with Crippen LogP contribution >= 0.6 is 11.6 Å². The van der Waals surface area contributed by atoms with E-state index in [4.69, 9.17) is 17.3 Å². The highest BCUT2D eigenvalue weighted by atomic mass is 35.5. The Bertz CT molecular complexity index is 360. The van der Waals surface area contributed by atoms with Gasteiger partial charge in [0.1, 0.15) is 0 Å². The Morgan fingerprint density at radius 2 is 2.12 bits per heavy atom. The molecular weight excluding hydrogens is 226 g/mol. The standard InChI is InChI=1S/C11H20ClN3O/c1-4-8-10(12)9(15(5-2)14-8)6-11(3,16)7-13/h16H,4-7,13H2,1-3H3. The molecule has 1 rings (SSSR count). The van der Waals surface area contributed by atoms with Crippen LogP contribution in [-0.2, 0) is 19.4 Å². The Balaban J connectivity index is 3.06. The van der Waals surface area contributed by atoms with Gasteiger partial charge in [-0.2, -0.15) is 5.10 Å². The van der Waals surface area contributed by atoms with Crippen molar-refractivity contribution in [3.8, 4) is 0 Å². The molecule has 5 heteroatoms. The van der Waals surface area contributed by atoms with Crippen molar-refractivity contribution in [3.05, 3.63) is 16.4 Å². The van der Waals surface area contributed by atoms with Crippen LogP contribution in [0.3, 0.4) is 0 Å². The summed E-state index contributed by atoms with van der Waals surface area (Å²) in [6.07, 6.45) is 1.23. The summed E-state index contributed by atoms with van der Waals surface area (Å²) in [6.45, 7) is 6.68. The van der Waals surface area contributed by atoms with Gasteiger partial charge in [0.25, 0.3) is 0 Å². The summed E-state index contributed by atoms with van der Waals surface area (Å²) in [7, 11) is 0. The van der Waals surface area contributed by atoms with E-state index in [0.717, 1.165) is 24.4 Å². The quantitative estimate of drug-likeness (QED) is 0.824. The Hall–Kier alpha value is -0.580. The predicted molar refractivity (Wildman–Crippen MR) is 65.7 cm³/mol. The molecule has 4 nitrogen and oxygen atoms in total. The van der Waals surface area contributed by atoms with Gasteiger partial charge < -0.3 is 10.8 Å². The number of aryl methyl sites for hydroxylation is 2. The van der Waals surface area contributed by atoms with Gasteiger partial charge in [0.05, 0.1) is 22.0 Å². The second kappa shape index (κ2) is 5.17. The van der Waals surface area contributed by atoms with Gasteiger partial charge in [0.2, 0.25) is 0 Å². The van der Waals surface area contributed by atoms with Crippen LogP contribution < -0.4 is 5.73 Å². The summed E-state index contributed by atoms with van der Waals surface area (Å²) < 4.78 is 1.84. The lowest BCUT2D eigenvalue weighted by Crippen LogP contribution is -2.37. The average Bonchev–Trinajstić information content (AvgIpc) is 2.55. The number of hydrogen-bond acceptors (Lipinski definition) is 3. The Labute approximate surface area is 101 Å². The fourth-order valence-electron chi connectivity index (χ4n) is 1.62. The zero-order valence-electron chi connectivity index (χ0n) is 10.1. The lowest BCUT2D eigenvalue weighted by molar-refractivity contribution is 0.0674. The van der Waals surface area contributed by atoms with E-state index in [1.807, 2.05) is 18.5 Å². The summed E-state index contributed by atoms with van der Waals surface area (Å²) in [6, 6.07) is 0. The topological polar surface area (TPSA) is 64.1 Å². The lowest BCUT2D eigenvalue weighted by Gasteiger charge is -2.21. The molecular formula is C11H20ClN3O.